The van der Waals surface area contributed by atoms with Gasteiger partial charge in [-0.15, -0.1) is 5.10 Å². The van der Waals surface area contributed by atoms with Crippen LogP contribution in [-0.4, -0.2) is 46.9 Å². The van der Waals surface area contributed by atoms with Gasteiger partial charge >= 0.3 is 0 Å². The van der Waals surface area contributed by atoms with Crippen LogP contribution in [0.5, 0.6) is 17.2 Å². The first-order chi connectivity index (χ1) is 19.3. The van der Waals surface area contributed by atoms with Crippen molar-refractivity contribution < 1.29 is 23.9 Å². The maximum absolute atomic E-state index is 13.8. The molecule has 1 unspecified atom stereocenters. The Morgan fingerprint density at radius 3 is 2.25 bits per heavy atom. The molecule has 1 aliphatic rings. The summed E-state index contributed by atoms with van der Waals surface area (Å²) in [6, 6.07) is 17.7. The summed E-state index contributed by atoms with van der Waals surface area (Å²) in [5.41, 5.74) is 2.67. The van der Waals surface area contributed by atoms with E-state index in [9.17, 15) is 14.9 Å². The Hall–Kier alpha value is -5.39. The molecule has 0 saturated heterocycles. The molecule has 5 rings (SSSR count). The molecule has 2 N–H and O–H groups in total. The number of rotatable bonds is 8. The highest BCUT2D eigenvalue weighted by molar-refractivity contribution is 6.06. The van der Waals surface area contributed by atoms with Gasteiger partial charge in [0.15, 0.2) is 17.3 Å². The summed E-state index contributed by atoms with van der Waals surface area (Å²) in [5, 5.41) is 22.0. The van der Waals surface area contributed by atoms with E-state index in [1.165, 1.54) is 33.5 Å². The molecule has 204 valence electrons. The third-order valence-corrected chi connectivity index (χ3v) is 6.50. The first-order valence-corrected chi connectivity index (χ1v) is 12.2. The smallest absolute Gasteiger partial charge is 0.269 e. The fraction of sp³-hybridized carbons (Fsp3) is 0.179. The molecule has 0 saturated carbocycles. The molecule has 0 bridgehead atoms. The van der Waals surface area contributed by atoms with E-state index in [4.69, 9.17) is 19.3 Å². The van der Waals surface area contributed by atoms with Gasteiger partial charge in [0.2, 0.25) is 5.95 Å². The minimum atomic E-state index is -0.783. The van der Waals surface area contributed by atoms with Gasteiger partial charge in [-0.2, -0.15) is 4.98 Å². The van der Waals surface area contributed by atoms with Crippen molar-refractivity contribution in [2.45, 2.75) is 13.0 Å². The molecule has 4 aromatic rings. The summed E-state index contributed by atoms with van der Waals surface area (Å²) in [4.78, 5) is 29.1. The lowest BCUT2D eigenvalue weighted by atomic mass is 9.93. The number of nitrogens with one attached hydrogen (secondary N) is 2. The van der Waals surface area contributed by atoms with Crippen LogP contribution in [0.15, 0.2) is 78.0 Å². The van der Waals surface area contributed by atoms with Gasteiger partial charge < -0.3 is 24.8 Å². The van der Waals surface area contributed by atoms with E-state index in [-0.39, 0.29) is 11.6 Å². The Morgan fingerprint density at radius 2 is 1.62 bits per heavy atom. The van der Waals surface area contributed by atoms with Crippen LogP contribution in [0.25, 0.3) is 11.4 Å². The average molecular weight is 543 g/mol. The molecular formula is C28H26N6O6. The number of amides is 1. The van der Waals surface area contributed by atoms with Crippen LogP contribution in [0, 0.1) is 10.1 Å². The van der Waals surface area contributed by atoms with Crippen molar-refractivity contribution in [2.75, 3.05) is 32.0 Å². The first kappa shape index (κ1) is 26.2. The van der Waals surface area contributed by atoms with Gasteiger partial charge in [-0.1, -0.05) is 18.2 Å². The van der Waals surface area contributed by atoms with Crippen LogP contribution in [0.2, 0.25) is 0 Å². The Morgan fingerprint density at radius 1 is 0.975 bits per heavy atom. The second kappa shape index (κ2) is 10.8. The highest BCUT2D eigenvalue weighted by Gasteiger charge is 2.37. The van der Waals surface area contributed by atoms with Gasteiger partial charge in [0.25, 0.3) is 11.6 Å². The Balaban J connectivity index is 1.67. The number of para-hydroxylation sites is 1. The summed E-state index contributed by atoms with van der Waals surface area (Å²) in [6.45, 7) is 1.78. The van der Waals surface area contributed by atoms with Crippen molar-refractivity contribution in [1.82, 2.24) is 14.8 Å². The molecule has 40 heavy (non-hydrogen) atoms. The lowest BCUT2D eigenvalue weighted by molar-refractivity contribution is -0.384. The number of carbonyl (C=O) groups is 1. The summed E-state index contributed by atoms with van der Waals surface area (Å²) < 4.78 is 18.3. The second-order valence-electron chi connectivity index (χ2n) is 8.84. The molecule has 0 spiro atoms. The third-order valence-electron chi connectivity index (χ3n) is 6.50. The first-order valence-electron chi connectivity index (χ1n) is 12.2. The number of nitro groups is 1. The van der Waals surface area contributed by atoms with Crippen molar-refractivity contribution >= 4 is 23.2 Å². The molecule has 0 radical (unpaired) electrons. The number of carbonyl (C=O) groups excluding carboxylic acids is 1. The van der Waals surface area contributed by atoms with Crippen LogP contribution in [0.4, 0.5) is 17.3 Å². The molecule has 12 nitrogen and oxygen atoms in total. The van der Waals surface area contributed by atoms with E-state index in [1.807, 2.05) is 18.2 Å². The lowest BCUT2D eigenvalue weighted by Crippen LogP contribution is -2.31. The summed E-state index contributed by atoms with van der Waals surface area (Å²) in [5.74, 6) is 1.69. The maximum atomic E-state index is 13.8. The van der Waals surface area contributed by atoms with Crippen LogP contribution in [0.3, 0.4) is 0 Å². The number of methoxy groups -OCH3 is 3. The van der Waals surface area contributed by atoms with Crippen molar-refractivity contribution in [2.24, 2.45) is 0 Å². The number of nitrogens with zero attached hydrogens (tertiary/aromatic N) is 4. The molecule has 1 amide bonds. The predicted molar refractivity (Wildman–Crippen MR) is 148 cm³/mol. The van der Waals surface area contributed by atoms with Crippen molar-refractivity contribution in [1.29, 1.82) is 0 Å². The number of hydrogen-bond donors (Lipinski definition) is 2. The van der Waals surface area contributed by atoms with Crippen LogP contribution in [0.1, 0.15) is 18.5 Å². The Bertz CT molecular complexity index is 1610. The van der Waals surface area contributed by atoms with Gasteiger partial charge in [0, 0.05) is 40.7 Å². The largest absolute Gasteiger partial charge is 0.496 e. The average Bonchev–Trinajstić information content (AvgIpc) is 3.39. The number of allylic oxidation sites excluding steroid dienone is 1. The molecule has 1 aliphatic heterocycles. The topological polar surface area (TPSA) is 143 Å². The fourth-order valence-corrected chi connectivity index (χ4v) is 4.57. The maximum Gasteiger partial charge on any atom is 0.269 e. The SMILES string of the molecule is COc1cc(OC)c(C2C(C(=O)Nc3ccccc3)=C(C)Nc3nc(-c4ccc([N+](=O)[O-])cc4)nn32)cc1OC. The standard InChI is InChI=1S/C28H26N6O6/c1-16-24(27(35)30-18-8-6-5-7-9-18)25(20-14-22(39-3)23(40-4)15-21(20)38-2)33-28(29-16)31-26(32-33)17-10-12-19(13-11-17)34(36)37/h5-15,25H,1-4H3,(H,30,35)(H,29,31,32). The monoisotopic (exact) mass is 542 g/mol. The molecule has 0 fully saturated rings. The number of non-ortho nitro benzene ring substituents is 1. The third kappa shape index (κ3) is 4.77. The van der Waals surface area contributed by atoms with Gasteiger partial charge in [-0.25, -0.2) is 4.68 Å². The predicted octanol–water partition coefficient (Wildman–Crippen LogP) is 4.81. The van der Waals surface area contributed by atoms with Crippen molar-refractivity contribution in [3.63, 3.8) is 0 Å². The Labute approximate surface area is 229 Å². The molecule has 2 heterocycles. The van der Waals surface area contributed by atoms with Gasteiger partial charge in [0.05, 0.1) is 31.8 Å². The number of fused-ring (bicyclic) bond motifs is 1. The van der Waals surface area contributed by atoms with Crippen LogP contribution < -0.4 is 24.8 Å². The van der Waals surface area contributed by atoms with Crippen LogP contribution in [-0.2, 0) is 4.79 Å². The summed E-state index contributed by atoms with van der Waals surface area (Å²) in [7, 11) is 4.57. The minimum Gasteiger partial charge on any atom is -0.496 e. The summed E-state index contributed by atoms with van der Waals surface area (Å²) >= 11 is 0. The quantitative estimate of drug-likeness (QED) is 0.237. The van der Waals surface area contributed by atoms with E-state index in [2.05, 4.69) is 15.6 Å². The molecule has 12 heteroatoms. The number of aromatic nitrogens is 3. The zero-order valence-electron chi connectivity index (χ0n) is 22.2. The van der Waals surface area contributed by atoms with Crippen LogP contribution >= 0.6 is 0 Å². The summed E-state index contributed by atoms with van der Waals surface area (Å²) in [6.07, 6.45) is 0. The van der Waals surface area contributed by atoms with Crippen molar-refractivity contribution in [3.8, 4) is 28.6 Å². The highest BCUT2D eigenvalue weighted by Crippen LogP contribution is 2.44. The van der Waals surface area contributed by atoms with Gasteiger partial charge in [-0.05, 0) is 37.3 Å². The molecular weight excluding hydrogens is 516 g/mol. The minimum absolute atomic E-state index is 0.0452. The molecule has 3 aromatic carbocycles. The van der Waals surface area contributed by atoms with E-state index in [1.54, 1.807) is 48.0 Å². The van der Waals surface area contributed by atoms with E-state index in [0.29, 0.717) is 57.1 Å². The Kier molecular flexibility index (Phi) is 7.06. The van der Waals surface area contributed by atoms with E-state index >= 15 is 0 Å². The lowest BCUT2D eigenvalue weighted by Gasteiger charge is -2.30. The van der Waals surface area contributed by atoms with Gasteiger partial charge in [0.1, 0.15) is 11.8 Å². The number of benzene rings is 3. The number of nitro benzene ring substituents is 1. The number of hydrogen-bond acceptors (Lipinski definition) is 9. The molecule has 1 atom stereocenters. The van der Waals surface area contributed by atoms with E-state index in [0.717, 1.165) is 0 Å². The fourth-order valence-electron chi connectivity index (χ4n) is 4.57. The number of ether oxygens (including phenoxy) is 3. The molecule has 0 aliphatic carbocycles. The van der Waals surface area contributed by atoms with Crippen molar-refractivity contribution in [3.05, 3.63) is 93.7 Å². The van der Waals surface area contributed by atoms with E-state index < -0.39 is 11.0 Å². The second-order valence-corrected chi connectivity index (χ2v) is 8.84. The van der Waals surface area contributed by atoms with Gasteiger partial charge in [-0.3, -0.25) is 14.9 Å². The highest BCUT2D eigenvalue weighted by atomic mass is 16.6. The normalized spacial score (nSPS) is 14.2. The zero-order chi connectivity index (χ0) is 28.4. The molecule has 1 aromatic heterocycles. The number of anilines is 2. The zero-order valence-corrected chi connectivity index (χ0v) is 22.2.